The molecule has 2 rings (SSSR count). The van der Waals surface area contributed by atoms with Crippen molar-refractivity contribution in [3.8, 4) is 5.75 Å². The SMILES string of the molecule is Cc1ccc(OCCNS(=O)(=O)c2ccccc2Br)c(C)c1. The van der Waals surface area contributed by atoms with Gasteiger partial charge in [-0.1, -0.05) is 29.8 Å². The Balaban J connectivity index is 1.92. The number of hydrogen-bond acceptors (Lipinski definition) is 3. The Morgan fingerprint density at radius 2 is 1.86 bits per heavy atom. The first-order valence-corrected chi connectivity index (χ1v) is 9.12. The van der Waals surface area contributed by atoms with E-state index in [1.807, 2.05) is 32.0 Å². The van der Waals surface area contributed by atoms with E-state index in [0.29, 0.717) is 4.47 Å². The van der Waals surface area contributed by atoms with E-state index in [-0.39, 0.29) is 18.0 Å². The Kier molecular flexibility index (Phi) is 5.61. The van der Waals surface area contributed by atoms with Crippen LogP contribution < -0.4 is 9.46 Å². The summed E-state index contributed by atoms with van der Waals surface area (Å²) < 4.78 is 33.0. The molecule has 0 heterocycles. The number of benzene rings is 2. The van der Waals surface area contributed by atoms with Gasteiger partial charge in [0.15, 0.2) is 0 Å². The minimum atomic E-state index is -3.54. The van der Waals surface area contributed by atoms with Crippen molar-refractivity contribution in [2.24, 2.45) is 0 Å². The van der Waals surface area contributed by atoms with Gasteiger partial charge in [0.25, 0.3) is 0 Å². The van der Waals surface area contributed by atoms with E-state index < -0.39 is 10.0 Å². The van der Waals surface area contributed by atoms with Crippen LogP contribution in [0.15, 0.2) is 51.8 Å². The van der Waals surface area contributed by atoms with Crippen molar-refractivity contribution in [2.45, 2.75) is 18.7 Å². The first-order valence-electron chi connectivity index (χ1n) is 6.84. The molecule has 0 spiro atoms. The van der Waals surface area contributed by atoms with Crippen LogP contribution in [0.2, 0.25) is 0 Å². The Morgan fingerprint density at radius 3 is 2.55 bits per heavy atom. The van der Waals surface area contributed by atoms with Gasteiger partial charge in [-0.2, -0.15) is 0 Å². The lowest BCUT2D eigenvalue weighted by atomic mass is 10.1. The Morgan fingerprint density at radius 1 is 1.14 bits per heavy atom. The lowest BCUT2D eigenvalue weighted by molar-refractivity contribution is 0.320. The molecule has 0 atom stereocenters. The molecule has 6 heteroatoms. The highest BCUT2D eigenvalue weighted by Gasteiger charge is 2.16. The van der Waals surface area contributed by atoms with Crippen LogP contribution in [0, 0.1) is 13.8 Å². The van der Waals surface area contributed by atoms with Crippen LogP contribution in [0.5, 0.6) is 5.75 Å². The maximum atomic E-state index is 12.2. The third-order valence-corrected chi connectivity index (χ3v) is 5.58. The molecule has 0 bridgehead atoms. The number of hydrogen-bond donors (Lipinski definition) is 1. The third kappa shape index (κ3) is 4.32. The fourth-order valence-corrected chi connectivity index (χ4v) is 4.05. The van der Waals surface area contributed by atoms with Crippen molar-refractivity contribution in [1.29, 1.82) is 0 Å². The monoisotopic (exact) mass is 383 g/mol. The van der Waals surface area contributed by atoms with E-state index in [9.17, 15) is 8.42 Å². The Hall–Kier alpha value is -1.37. The average molecular weight is 384 g/mol. The number of sulfonamides is 1. The molecule has 0 unspecified atom stereocenters. The second kappa shape index (κ2) is 7.26. The van der Waals surface area contributed by atoms with Crippen molar-refractivity contribution in [2.75, 3.05) is 13.2 Å². The summed E-state index contributed by atoms with van der Waals surface area (Å²) in [5, 5.41) is 0. The second-order valence-electron chi connectivity index (χ2n) is 4.95. The van der Waals surface area contributed by atoms with Crippen LogP contribution in [-0.4, -0.2) is 21.6 Å². The highest BCUT2D eigenvalue weighted by Crippen LogP contribution is 2.21. The standard InChI is InChI=1S/C16H18BrNO3S/c1-12-7-8-15(13(2)11-12)21-10-9-18-22(19,20)16-6-4-3-5-14(16)17/h3-8,11,18H,9-10H2,1-2H3. The minimum Gasteiger partial charge on any atom is -0.492 e. The molecule has 0 amide bonds. The molecule has 118 valence electrons. The van der Waals surface area contributed by atoms with Gasteiger partial charge in [0.1, 0.15) is 12.4 Å². The van der Waals surface area contributed by atoms with Gasteiger partial charge in [-0.25, -0.2) is 13.1 Å². The molecule has 0 aliphatic rings. The van der Waals surface area contributed by atoms with Crippen molar-refractivity contribution in [3.63, 3.8) is 0 Å². The van der Waals surface area contributed by atoms with Gasteiger partial charge < -0.3 is 4.74 Å². The largest absolute Gasteiger partial charge is 0.492 e. The van der Waals surface area contributed by atoms with Crippen LogP contribution in [0.3, 0.4) is 0 Å². The molecule has 2 aromatic rings. The molecule has 0 aromatic heterocycles. The minimum absolute atomic E-state index is 0.205. The zero-order valence-corrected chi connectivity index (χ0v) is 14.9. The predicted octanol–water partition coefficient (Wildman–Crippen LogP) is 3.42. The maximum absolute atomic E-state index is 12.2. The summed E-state index contributed by atoms with van der Waals surface area (Å²) in [5.74, 6) is 0.769. The molecule has 0 aliphatic heterocycles. The van der Waals surface area contributed by atoms with Crippen LogP contribution in [0.1, 0.15) is 11.1 Å². The van der Waals surface area contributed by atoms with E-state index >= 15 is 0 Å². The van der Waals surface area contributed by atoms with Crippen LogP contribution in [-0.2, 0) is 10.0 Å². The molecule has 4 nitrogen and oxygen atoms in total. The molecular weight excluding hydrogens is 366 g/mol. The lowest BCUT2D eigenvalue weighted by Gasteiger charge is -2.11. The summed E-state index contributed by atoms with van der Waals surface area (Å²) in [5.41, 5.74) is 2.20. The summed E-state index contributed by atoms with van der Waals surface area (Å²) in [6.45, 7) is 4.46. The Bertz CT molecular complexity index is 760. The van der Waals surface area contributed by atoms with Crippen LogP contribution >= 0.6 is 15.9 Å². The van der Waals surface area contributed by atoms with Gasteiger partial charge in [-0.3, -0.25) is 0 Å². The molecule has 22 heavy (non-hydrogen) atoms. The number of ether oxygens (including phenoxy) is 1. The fourth-order valence-electron chi connectivity index (χ4n) is 2.04. The van der Waals surface area contributed by atoms with Crippen molar-refractivity contribution < 1.29 is 13.2 Å². The van der Waals surface area contributed by atoms with Gasteiger partial charge >= 0.3 is 0 Å². The van der Waals surface area contributed by atoms with Crippen molar-refractivity contribution in [3.05, 3.63) is 58.1 Å². The molecule has 1 N–H and O–H groups in total. The molecule has 0 saturated carbocycles. The predicted molar refractivity (Wildman–Crippen MR) is 90.7 cm³/mol. The highest BCUT2D eigenvalue weighted by atomic mass is 79.9. The first kappa shape index (κ1) is 17.0. The van der Waals surface area contributed by atoms with Gasteiger partial charge in [0.05, 0.1) is 4.90 Å². The van der Waals surface area contributed by atoms with E-state index in [2.05, 4.69) is 20.7 Å². The topological polar surface area (TPSA) is 55.4 Å². The number of halogens is 1. The van der Waals surface area contributed by atoms with Gasteiger partial charge in [0, 0.05) is 11.0 Å². The summed E-state index contributed by atoms with van der Waals surface area (Å²) in [6, 6.07) is 12.6. The van der Waals surface area contributed by atoms with Crippen molar-refractivity contribution in [1.82, 2.24) is 4.72 Å². The Labute approximate surface area is 139 Å². The van der Waals surface area contributed by atoms with Crippen LogP contribution in [0.4, 0.5) is 0 Å². The van der Waals surface area contributed by atoms with Gasteiger partial charge in [-0.15, -0.1) is 0 Å². The summed E-state index contributed by atoms with van der Waals surface area (Å²) >= 11 is 3.24. The summed E-state index contributed by atoms with van der Waals surface area (Å²) in [6.07, 6.45) is 0. The second-order valence-corrected chi connectivity index (χ2v) is 7.54. The smallest absolute Gasteiger partial charge is 0.241 e. The van der Waals surface area contributed by atoms with E-state index in [1.54, 1.807) is 24.3 Å². The third-order valence-electron chi connectivity index (χ3n) is 3.11. The zero-order chi connectivity index (χ0) is 16.2. The maximum Gasteiger partial charge on any atom is 0.241 e. The summed E-state index contributed by atoms with van der Waals surface area (Å²) in [4.78, 5) is 0.224. The molecule has 0 aliphatic carbocycles. The first-order chi connectivity index (χ1) is 10.4. The van der Waals surface area contributed by atoms with Gasteiger partial charge in [0.2, 0.25) is 10.0 Å². The lowest BCUT2D eigenvalue weighted by Crippen LogP contribution is -2.28. The van der Waals surface area contributed by atoms with E-state index in [1.165, 1.54) is 5.56 Å². The molecular formula is C16H18BrNO3S. The molecule has 0 radical (unpaired) electrons. The average Bonchev–Trinajstić information content (AvgIpc) is 2.45. The molecule has 0 saturated heterocycles. The fraction of sp³-hybridized carbons (Fsp3) is 0.250. The van der Waals surface area contributed by atoms with Crippen molar-refractivity contribution >= 4 is 26.0 Å². The normalized spacial score (nSPS) is 11.4. The number of nitrogens with one attached hydrogen (secondary N) is 1. The molecule has 2 aromatic carbocycles. The highest BCUT2D eigenvalue weighted by molar-refractivity contribution is 9.10. The zero-order valence-electron chi connectivity index (χ0n) is 12.5. The molecule has 0 fully saturated rings. The van der Waals surface area contributed by atoms with E-state index in [4.69, 9.17) is 4.74 Å². The van der Waals surface area contributed by atoms with Gasteiger partial charge in [-0.05, 0) is 53.5 Å². The van der Waals surface area contributed by atoms with E-state index in [0.717, 1.165) is 11.3 Å². The number of aryl methyl sites for hydroxylation is 2. The number of rotatable bonds is 6. The summed E-state index contributed by atoms with van der Waals surface area (Å²) in [7, 11) is -3.54. The quantitative estimate of drug-likeness (QED) is 0.777. The van der Waals surface area contributed by atoms with Crippen LogP contribution in [0.25, 0.3) is 0 Å².